The van der Waals surface area contributed by atoms with Crippen LogP contribution in [0, 0.1) is 5.82 Å². The molecule has 1 fully saturated rings. The van der Waals surface area contributed by atoms with E-state index in [1.807, 2.05) is 0 Å². The van der Waals surface area contributed by atoms with Gasteiger partial charge in [0.2, 0.25) is 0 Å². The van der Waals surface area contributed by atoms with Crippen LogP contribution in [-0.2, 0) is 10.0 Å². The molecule has 1 aliphatic rings. The molecule has 1 aromatic heterocycles. The lowest BCUT2D eigenvalue weighted by Crippen LogP contribution is -2.27. The molecule has 0 radical (unpaired) electrons. The normalized spacial score (nSPS) is 16.1. The van der Waals surface area contributed by atoms with Crippen LogP contribution in [0.5, 0.6) is 5.75 Å². The van der Waals surface area contributed by atoms with Crippen molar-refractivity contribution in [3.05, 3.63) is 36.1 Å². The maximum absolute atomic E-state index is 13.8. The van der Waals surface area contributed by atoms with Crippen molar-refractivity contribution in [2.45, 2.75) is 17.1 Å². The average Bonchev–Trinajstić information content (AvgIpc) is 3.19. The van der Waals surface area contributed by atoms with E-state index in [0.717, 1.165) is 29.1 Å². The first kappa shape index (κ1) is 15.5. The molecular formula is C15H16FNO3S2. The van der Waals surface area contributed by atoms with Gasteiger partial charge in [-0.25, -0.2) is 12.8 Å². The van der Waals surface area contributed by atoms with Gasteiger partial charge in [-0.3, -0.25) is 0 Å². The largest absolute Gasteiger partial charge is 0.494 e. The zero-order valence-corrected chi connectivity index (χ0v) is 13.7. The summed E-state index contributed by atoms with van der Waals surface area (Å²) in [7, 11) is -2.01. The van der Waals surface area contributed by atoms with Gasteiger partial charge in [0.25, 0.3) is 10.0 Å². The average molecular weight is 341 g/mol. The van der Waals surface area contributed by atoms with Crippen LogP contribution in [0.1, 0.15) is 12.8 Å². The molecule has 1 aromatic carbocycles. The Morgan fingerprint density at radius 2 is 1.91 bits per heavy atom. The molecule has 2 heterocycles. The predicted octanol–water partition coefficient (Wildman–Crippen LogP) is 3.35. The molecule has 0 N–H and O–H groups in total. The minimum atomic E-state index is -3.42. The molecule has 22 heavy (non-hydrogen) atoms. The first-order valence-electron chi connectivity index (χ1n) is 6.96. The summed E-state index contributed by atoms with van der Waals surface area (Å²) in [5.41, 5.74) is 0.645. The van der Waals surface area contributed by atoms with Crippen molar-refractivity contribution in [3.63, 3.8) is 0 Å². The summed E-state index contributed by atoms with van der Waals surface area (Å²) < 4.78 is 45.5. The zero-order valence-electron chi connectivity index (χ0n) is 12.1. The van der Waals surface area contributed by atoms with E-state index in [1.165, 1.54) is 17.5 Å². The minimum Gasteiger partial charge on any atom is -0.494 e. The second-order valence-corrected chi connectivity index (χ2v) is 8.33. The number of nitrogens with zero attached hydrogens (tertiary/aromatic N) is 1. The second-order valence-electron chi connectivity index (χ2n) is 5.08. The van der Waals surface area contributed by atoms with E-state index in [1.54, 1.807) is 24.3 Å². The summed E-state index contributed by atoms with van der Waals surface area (Å²) in [5.74, 6) is -0.289. The van der Waals surface area contributed by atoms with Gasteiger partial charge in [-0.1, -0.05) is 0 Å². The van der Waals surface area contributed by atoms with Crippen LogP contribution in [-0.4, -0.2) is 32.9 Å². The van der Waals surface area contributed by atoms with E-state index in [2.05, 4.69) is 0 Å². The molecule has 0 atom stereocenters. The molecular weight excluding hydrogens is 325 g/mol. The first-order chi connectivity index (χ1) is 10.5. The quantitative estimate of drug-likeness (QED) is 0.857. The Hall–Kier alpha value is -1.44. The number of ether oxygens (including phenoxy) is 1. The third kappa shape index (κ3) is 2.76. The van der Waals surface area contributed by atoms with Crippen molar-refractivity contribution in [2.24, 2.45) is 0 Å². The Balaban J connectivity index is 1.92. The first-order valence-corrected chi connectivity index (χ1v) is 9.22. The summed E-state index contributed by atoms with van der Waals surface area (Å²) in [6.07, 6.45) is 1.81. The van der Waals surface area contributed by atoms with Crippen molar-refractivity contribution in [3.8, 4) is 16.2 Å². The van der Waals surface area contributed by atoms with Gasteiger partial charge in [-0.05, 0) is 48.7 Å². The van der Waals surface area contributed by atoms with Crippen LogP contribution >= 0.6 is 11.3 Å². The highest BCUT2D eigenvalue weighted by atomic mass is 32.2. The lowest BCUT2D eigenvalue weighted by molar-refractivity contribution is 0.386. The highest BCUT2D eigenvalue weighted by molar-refractivity contribution is 7.91. The molecule has 0 amide bonds. The Kier molecular flexibility index (Phi) is 4.20. The highest BCUT2D eigenvalue weighted by Crippen LogP contribution is 2.34. The molecule has 0 spiro atoms. The lowest BCUT2D eigenvalue weighted by Gasteiger charge is -2.13. The van der Waals surface area contributed by atoms with Gasteiger partial charge in [0, 0.05) is 18.0 Å². The third-order valence-electron chi connectivity index (χ3n) is 3.68. The standard InChI is InChI=1S/C15H16FNO3S2/c1-20-13-5-4-11(10-12(13)16)14-6-7-15(21-14)22(18,19)17-8-2-3-9-17/h4-7,10H,2-3,8-9H2,1H3. The molecule has 1 aliphatic heterocycles. The van der Waals surface area contributed by atoms with Crippen LogP contribution in [0.2, 0.25) is 0 Å². The fraction of sp³-hybridized carbons (Fsp3) is 0.333. The van der Waals surface area contributed by atoms with Crippen LogP contribution in [0.15, 0.2) is 34.5 Å². The monoisotopic (exact) mass is 341 g/mol. The Morgan fingerprint density at radius 3 is 2.55 bits per heavy atom. The number of hydrogen-bond donors (Lipinski definition) is 0. The lowest BCUT2D eigenvalue weighted by atomic mass is 10.2. The molecule has 1 saturated heterocycles. The van der Waals surface area contributed by atoms with E-state index in [9.17, 15) is 12.8 Å². The van der Waals surface area contributed by atoms with Crippen molar-refractivity contribution in [2.75, 3.05) is 20.2 Å². The number of halogens is 1. The predicted molar refractivity (Wildman–Crippen MR) is 84.3 cm³/mol. The number of hydrogen-bond acceptors (Lipinski definition) is 4. The summed E-state index contributed by atoms with van der Waals surface area (Å²) >= 11 is 1.16. The van der Waals surface area contributed by atoms with Gasteiger partial charge < -0.3 is 4.74 Å². The summed E-state index contributed by atoms with van der Waals surface area (Å²) in [5, 5.41) is 0. The molecule has 0 saturated carbocycles. The smallest absolute Gasteiger partial charge is 0.252 e. The second kappa shape index (κ2) is 5.98. The molecule has 0 aliphatic carbocycles. The number of benzene rings is 1. The van der Waals surface area contributed by atoms with Gasteiger partial charge in [0.15, 0.2) is 11.6 Å². The van der Waals surface area contributed by atoms with E-state index in [0.29, 0.717) is 22.9 Å². The number of sulfonamides is 1. The Labute approximate surface area is 133 Å². The fourth-order valence-corrected chi connectivity index (χ4v) is 5.46. The van der Waals surface area contributed by atoms with Gasteiger partial charge >= 0.3 is 0 Å². The molecule has 2 aromatic rings. The molecule has 4 nitrogen and oxygen atoms in total. The van der Waals surface area contributed by atoms with Crippen LogP contribution < -0.4 is 4.74 Å². The van der Waals surface area contributed by atoms with Crippen LogP contribution in [0.25, 0.3) is 10.4 Å². The van der Waals surface area contributed by atoms with Crippen LogP contribution in [0.4, 0.5) is 4.39 Å². The minimum absolute atomic E-state index is 0.171. The topological polar surface area (TPSA) is 46.6 Å². The fourth-order valence-electron chi connectivity index (χ4n) is 2.49. The maximum Gasteiger partial charge on any atom is 0.252 e. The highest BCUT2D eigenvalue weighted by Gasteiger charge is 2.28. The Morgan fingerprint density at radius 1 is 1.18 bits per heavy atom. The number of methoxy groups -OCH3 is 1. The number of thiophene rings is 1. The van der Waals surface area contributed by atoms with Gasteiger partial charge in [0.1, 0.15) is 4.21 Å². The SMILES string of the molecule is COc1ccc(-c2ccc(S(=O)(=O)N3CCCC3)s2)cc1F. The summed E-state index contributed by atoms with van der Waals surface area (Å²) in [4.78, 5) is 0.722. The molecule has 0 unspecified atom stereocenters. The van der Waals surface area contributed by atoms with Gasteiger partial charge in [-0.15, -0.1) is 11.3 Å². The summed E-state index contributed by atoms with van der Waals surface area (Å²) in [6, 6.07) is 7.93. The van der Waals surface area contributed by atoms with E-state index >= 15 is 0 Å². The van der Waals surface area contributed by atoms with E-state index in [-0.39, 0.29) is 5.75 Å². The van der Waals surface area contributed by atoms with E-state index in [4.69, 9.17) is 4.74 Å². The van der Waals surface area contributed by atoms with Crippen molar-refractivity contribution in [1.82, 2.24) is 4.31 Å². The van der Waals surface area contributed by atoms with Gasteiger partial charge in [0.05, 0.1) is 7.11 Å². The van der Waals surface area contributed by atoms with Gasteiger partial charge in [-0.2, -0.15) is 4.31 Å². The van der Waals surface area contributed by atoms with Crippen molar-refractivity contribution < 1.29 is 17.5 Å². The van der Waals surface area contributed by atoms with Crippen molar-refractivity contribution in [1.29, 1.82) is 0 Å². The number of rotatable bonds is 4. The molecule has 118 valence electrons. The maximum atomic E-state index is 13.8. The summed E-state index contributed by atoms with van der Waals surface area (Å²) in [6.45, 7) is 1.15. The molecule has 3 rings (SSSR count). The van der Waals surface area contributed by atoms with E-state index < -0.39 is 15.8 Å². The third-order valence-corrected chi connectivity index (χ3v) is 7.18. The molecule has 7 heteroatoms. The Bertz CT molecular complexity index is 780. The zero-order chi connectivity index (χ0) is 15.7. The van der Waals surface area contributed by atoms with Crippen molar-refractivity contribution >= 4 is 21.4 Å². The van der Waals surface area contributed by atoms with Crippen LogP contribution in [0.3, 0.4) is 0 Å². The molecule has 0 bridgehead atoms.